The fourth-order valence-corrected chi connectivity index (χ4v) is 5.09. The highest BCUT2D eigenvalue weighted by Gasteiger charge is 2.35. The minimum Gasteiger partial charge on any atom is -0.354 e. The van der Waals surface area contributed by atoms with Gasteiger partial charge in [0.05, 0.1) is 0 Å². The first-order valence-corrected chi connectivity index (χ1v) is 11.9. The summed E-state index contributed by atoms with van der Waals surface area (Å²) in [6.07, 6.45) is 9.68. The van der Waals surface area contributed by atoms with Gasteiger partial charge in [-0.25, -0.2) is 0 Å². The second-order valence-corrected chi connectivity index (χ2v) is 9.22. The van der Waals surface area contributed by atoms with Crippen LogP contribution in [0.2, 0.25) is 0 Å². The quantitative estimate of drug-likeness (QED) is 0.700. The van der Waals surface area contributed by atoms with Crippen LogP contribution in [0.1, 0.15) is 62.0 Å². The summed E-state index contributed by atoms with van der Waals surface area (Å²) in [5.41, 5.74) is 8.16. The van der Waals surface area contributed by atoms with Crippen molar-refractivity contribution in [2.24, 2.45) is 11.7 Å². The van der Waals surface area contributed by atoms with Crippen molar-refractivity contribution in [1.82, 2.24) is 15.2 Å². The second-order valence-electron chi connectivity index (χ2n) is 9.22. The molecule has 2 fully saturated rings. The van der Waals surface area contributed by atoms with Crippen LogP contribution in [0.25, 0.3) is 0 Å². The Morgan fingerprint density at radius 2 is 1.69 bits per heavy atom. The van der Waals surface area contributed by atoms with Gasteiger partial charge in [-0.2, -0.15) is 0 Å². The van der Waals surface area contributed by atoms with Crippen LogP contribution in [0, 0.1) is 5.92 Å². The molecule has 1 aromatic carbocycles. The smallest absolute Gasteiger partial charge is 0.242 e. The fourth-order valence-electron chi connectivity index (χ4n) is 5.09. The maximum atomic E-state index is 13.4. The molecule has 0 bridgehead atoms. The zero-order valence-corrected chi connectivity index (χ0v) is 18.7. The Hall–Kier alpha value is -2.73. The first-order chi connectivity index (χ1) is 15.6. The van der Waals surface area contributed by atoms with E-state index in [0.717, 1.165) is 49.7 Å². The molecule has 0 unspecified atom stereocenters. The lowest BCUT2D eigenvalue weighted by atomic mass is 9.86. The van der Waals surface area contributed by atoms with Crippen molar-refractivity contribution >= 4 is 11.8 Å². The molecule has 2 atom stereocenters. The lowest BCUT2D eigenvalue weighted by Gasteiger charge is -2.29. The van der Waals surface area contributed by atoms with Gasteiger partial charge in [0, 0.05) is 43.9 Å². The average molecular weight is 435 g/mol. The van der Waals surface area contributed by atoms with Crippen LogP contribution in [0.5, 0.6) is 0 Å². The molecule has 2 heterocycles. The Balaban J connectivity index is 1.40. The third kappa shape index (κ3) is 5.54. The largest absolute Gasteiger partial charge is 0.354 e. The van der Waals surface area contributed by atoms with E-state index < -0.39 is 0 Å². The molecule has 0 radical (unpaired) electrons. The summed E-state index contributed by atoms with van der Waals surface area (Å²) in [5, 5.41) is 3.13. The first kappa shape index (κ1) is 22.5. The number of hydrogen-bond acceptors (Lipinski definition) is 4. The number of nitrogens with zero attached hydrogens (tertiary/aromatic N) is 2. The fraction of sp³-hybridized carbons (Fsp3) is 0.500. The number of nitrogens with two attached hydrogens (primary N) is 1. The number of likely N-dealkylation sites (tertiary alicyclic amines) is 1. The van der Waals surface area contributed by atoms with Gasteiger partial charge in [-0.3, -0.25) is 14.6 Å². The zero-order chi connectivity index (χ0) is 22.3. The molecule has 1 aromatic heterocycles. The van der Waals surface area contributed by atoms with Crippen molar-refractivity contribution in [3.8, 4) is 0 Å². The minimum absolute atomic E-state index is 0.00843. The number of carbonyl (C=O) groups is 2. The lowest BCUT2D eigenvalue weighted by molar-refractivity contribution is -0.138. The number of hydrogen-bond donors (Lipinski definition) is 2. The highest BCUT2D eigenvalue weighted by molar-refractivity contribution is 5.88. The molecule has 1 saturated carbocycles. The van der Waals surface area contributed by atoms with E-state index in [1.54, 1.807) is 17.3 Å². The van der Waals surface area contributed by atoms with Crippen LogP contribution in [0.4, 0.5) is 0 Å². The Morgan fingerprint density at radius 3 is 2.41 bits per heavy atom. The Bertz CT molecular complexity index is 842. The number of rotatable bonds is 7. The van der Waals surface area contributed by atoms with Gasteiger partial charge in [-0.1, -0.05) is 30.3 Å². The molecule has 1 saturated heterocycles. The highest BCUT2D eigenvalue weighted by Crippen LogP contribution is 2.30. The summed E-state index contributed by atoms with van der Waals surface area (Å²) in [6.45, 7) is 1.33. The molecule has 1 aliphatic carbocycles. The van der Waals surface area contributed by atoms with E-state index in [2.05, 4.69) is 22.4 Å². The van der Waals surface area contributed by atoms with E-state index in [4.69, 9.17) is 5.73 Å². The van der Waals surface area contributed by atoms with Gasteiger partial charge in [0.25, 0.3) is 0 Å². The van der Waals surface area contributed by atoms with Gasteiger partial charge in [-0.05, 0) is 67.7 Å². The van der Waals surface area contributed by atoms with Gasteiger partial charge in [0.15, 0.2) is 0 Å². The standard InChI is InChI=1S/C26H34N4O2/c27-22-10-8-19(9-11-22)18-29-26(32)24-7-4-16-30(24)25(31)17-23(20-5-2-1-3-6-20)21-12-14-28-15-13-21/h1-3,5-6,12-15,19,22-24H,4,7-11,16-18,27H2,(H,29,32)/t19?,22?,23-,24+/m1/s1. The predicted octanol–water partition coefficient (Wildman–Crippen LogP) is 3.23. The molecule has 4 rings (SSSR count). The molecule has 170 valence electrons. The number of aromatic nitrogens is 1. The van der Waals surface area contributed by atoms with Crippen molar-refractivity contribution < 1.29 is 9.59 Å². The normalized spacial score (nSPS) is 24.2. The molecule has 6 nitrogen and oxygen atoms in total. The molecule has 32 heavy (non-hydrogen) atoms. The second kappa shape index (κ2) is 10.7. The Kier molecular flexibility index (Phi) is 7.53. The summed E-state index contributed by atoms with van der Waals surface area (Å²) in [7, 11) is 0. The van der Waals surface area contributed by atoms with Gasteiger partial charge in [-0.15, -0.1) is 0 Å². The van der Waals surface area contributed by atoms with Crippen LogP contribution in [0.15, 0.2) is 54.9 Å². The maximum Gasteiger partial charge on any atom is 0.242 e. The highest BCUT2D eigenvalue weighted by atomic mass is 16.2. The van der Waals surface area contributed by atoms with E-state index in [-0.39, 0.29) is 23.8 Å². The Labute approximate surface area is 190 Å². The van der Waals surface area contributed by atoms with Crippen LogP contribution in [-0.4, -0.2) is 46.9 Å². The number of pyridine rings is 1. The van der Waals surface area contributed by atoms with Crippen molar-refractivity contribution in [3.05, 3.63) is 66.0 Å². The number of benzene rings is 1. The van der Waals surface area contributed by atoms with Crippen LogP contribution in [-0.2, 0) is 9.59 Å². The van der Waals surface area contributed by atoms with Crippen LogP contribution >= 0.6 is 0 Å². The monoisotopic (exact) mass is 434 g/mol. The predicted molar refractivity (Wildman–Crippen MR) is 125 cm³/mol. The third-order valence-electron chi connectivity index (χ3n) is 7.02. The van der Waals surface area contributed by atoms with Gasteiger partial charge in [0.1, 0.15) is 6.04 Å². The minimum atomic E-state index is -0.359. The molecular formula is C26H34N4O2. The van der Waals surface area contributed by atoms with E-state index >= 15 is 0 Å². The molecule has 0 spiro atoms. The van der Waals surface area contributed by atoms with Crippen LogP contribution < -0.4 is 11.1 Å². The third-order valence-corrected chi connectivity index (χ3v) is 7.02. The molecule has 2 aromatic rings. The van der Waals surface area contributed by atoms with Gasteiger partial charge >= 0.3 is 0 Å². The van der Waals surface area contributed by atoms with E-state index in [0.29, 0.717) is 31.5 Å². The van der Waals surface area contributed by atoms with Gasteiger partial charge < -0.3 is 16.0 Å². The van der Waals surface area contributed by atoms with E-state index in [1.807, 2.05) is 30.3 Å². The molecule has 3 N–H and O–H groups in total. The van der Waals surface area contributed by atoms with E-state index in [9.17, 15) is 9.59 Å². The summed E-state index contributed by atoms with van der Waals surface area (Å²) >= 11 is 0. The average Bonchev–Trinajstić information content (AvgIpc) is 3.33. The first-order valence-electron chi connectivity index (χ1n) is 11.9. The van der Waals surface area contributed by atoms with Crippen LogP contribution in [0.3, 0.4) is 0 Å². The Morgan fingerprint density at radius 1 is 1.00 bits per heavy atom. The van der Waals surface area contributed by atoms with Crippen molar-refractivity contribution in [3.63, 3.8) is 0 Å². The molecule has 1 aliphatic heterocycles. The molecular weight excluding hydrogens is 400 g/mol. The van der Waals surface area contributed by atoms with E-state index in [1.165, 1.54) is 0 Å². The summed E-state index contributed by atoms with van der Waals surface area (Å²) in [5.74, 6) is 0.476. The number of nitrogens with one attached hydrogen (secondary N) is 1. The summed E-state index contributed by atoms with van der Waals surface area (Å²) < 4.78 is 0. The van der Waals surface area contributed by atoms with Gasteiger partial charge in [0.2, 0.25) is 11.8 Å². The molecule has 6 heteroatoms. The summed E-state index contributed by atoms with van der Waals surface area (Å²) in [4.78, 5) is 32.2. The number of carbonyl (C=O) groups excluding carboxylic acids is 2. The maximum absolute atomic E-state index is 13.4. The summed E-state index contributed by atoms with van der Waals surface area (Å²) in [6, 6.07) is 14.0. The van der Waals surface area contributed by atoms with Crippen molar-refractivity contribution in [2.75, 3.05) is 13.1 Å². The lowest BCUT2D eigenvalue weighted by Crippen LogP contribution is -2.47. The molecule has 2 aliphatic rings. The molecule has 2 amide bonds. The topological polar surface area (TPSA) is 88.3 Å². The van der Waals surface area contributed by atoms with Crippen molar-refractivity contribution in [1.29, 1.82) is 0 Å². The van der Waals surface area contributed by atoms with Crippen molar-refractivity contribution in [2.45, 2.75) is 62.9 Å². The number of amides is 2. The zero-order valence-electron chi connectivity index (χ0n) is 18.7. The SMILES string of the molecule is NC1CCC(CNC(=O)[C@@H]2CCCN2C(=O)C[C@H](c2ccccc2)c2ccncc2)CC1.